The van der Waals surface area contributed by atoms with Crippen LogP contribution >= 0.6 is 11.6 Å². The van der Waals surface area contributed by atoms with Crippen LogP contribution in [-0.2, 0) is 0 Å². The Labute approximate surface area is 120 Å². The van der Waals surface area contributed by atoms with Gasteiger partial charge in [-0.25, -0.2) is 4.98 Å². The molecule has 7 heteroatoms. The SMILES string of the molecule is Cc1nc(N=C(N)Nc2cccc(Cl)c2)[nH]c(=O)c1C. The van der Waals surface area contributed by atoms with Crippen molar-refractivity contribution in [3.05, 3.63) is 50.9 Å². The van der Waals surface area contributed by atoms with Gasteiger partial charge in [-0.1, -0.05) is 17.7 Å². The van der Waals surface area contributed by atoms with Crippen LogP contribution in [0.1, 0.15) is 11.3 Å². The Hall–Kier alpha value is -2.34. The first kappa shape index (κ1) is 14.1. The van der Waals surface area contributed by atoms with E-state index in [4.69, 9.17) is 17.3 Å². The number of aryl methyl sites for hydroxylation is 1. The third-order valence-electron chi connectivity index (χ3n) is 2.71. The Balaban J connectivity index is 2.25. The van der Waals surface area contributed by atoms with Crippen LogP contribution in [0, 0.1) is 13.8 Å². The molecule has 1 aromatic carbocycles. The number of anilines is 1. The first-order chi connectivity index (χ1) is 9.45. The van der Waals surface area contributed by atoms with E-state index in [1.807, 2.05) is 0 Å². The number of hydrogen-bond acceptors (Lipinski definition) is 3. The minimum Gasteiger partial charge on any atom is -0.369 e. The van der Waals surface area contributed by atoms with Gasteiger partial charge in [-0.3, -0.25) is 9.78 Å². The van der Waals surface area contributed by atoms with Crippen LogP contribution in [0.15, 0.2) is 34.1 Å². The molecule has 0 saturated carbocycles. The molecule has 4 N–H and O–H groups in total. The largest absolute Gasteiger partial charge is 0.369 e. The Kier molecular flexibility index (Phi) is 4.05. The fourth-order valence-electron chi connectivity index (χ4n) is 1.54. The van der Waals surface area contributed by atoms with Gasteiger partial charge in [0.05, 0.1) is 0 Å². The monoisotopic (exact) mass is 291 g/mol. The number of halogens is 1. The molecule has 0 unspecified atom stereocenters. The predicted octanol–water partition coefficient (Wildman–Crippen LogP) is 2.10. The van der Waals surface area contributed by atoms with Gasteiger partial charge in [0, 0.05) is 22.0 Å². The number of aliphatic imine (C=N–C) groups is 1. The Morgan fingerprint density at radius 2 is 2.20 bits per heavy atom. The summed E-state index contributed by atoms with van der Waals surface area (Å²) in [6.45, 7) is 3.44. The van der Waals surface area contributed by atoms with E-state index in [0.29, 0.717) is 22.0 Å². The van der Waals surface area contributed by atoms with Crippen molar-refractivity contribution in [3.63, 3.8) is 0 Å². The van der Waals surface area contributed by atoms with Crippen LogP contribution in [0.25, 0.3) is 0 Å². The second-order valence-electron chi connectivity index (χ2n) is 4.23. The summed E-state index contributed by atoms with van der Waals surface area (Å²) >= 11 is 5.87. The number of rotatable bonds is 2. The summed E-state index contributed by atoms with van der Waals surface area (Å²) in [5.74, 6) is 0.267. The highest BCUT2D eigenvalue weighted by Crippen LogP contribution is 2.14. The summed E-state index contributed by atoms with van der Waals surface area (Å²) in [7, 11) is 0. The van der Waals surface area contributed by atoms with Crippen molar-refractivity contribution in [3.8, 4) is 0 Å². The topological polar surface area (TPSA) is 96.2 Å². The number of nitrogens with two attached hydrogens (primary N) is 1. The van der Waals surface area contributed by atoms with Gasteiger partial charge in [0.25, 0.3) is 5.56 Å². The molecule has 0 aliphatic carbocycles. The zero-order valence-corrected chi connectivity index (χ0v) is 11.8. The van der Waals surface area contributed by atoms with E-state index in [0.717, 1.165) is 0 Å². The van der Waals surface area contributed by atoms with E-state index < -0.39 is 0 Å². The van der Waals surface area contributed by atoms with Crippen molar-refractivity contribution in [1.82, 2.24) is 9.97 Å². The smallest absolute Gasteiger partial charge is 0.255 e. The van der Waals surface area contributed by atoms with Crippen molar-refractivity contribution >= 4 is 29.2 Å². The maximum Gasteiger partial charge on any atom is 0.255 e. The lowest BCUT2D eigenvalue weighted by molar-refractivity contribution is 1.01. The number of benzene rings is 1. The number of guanidine groups is 1. The van der Waals surface area contributed by atoms with E-state index in [-0.39, 0.29) is 17.5 Å². The molecular weight excluding hydrogens is 278 g/mol. The molecule has 20 heavy (non-hydrogen) atoms. The minimum atomic E-state index is -0.230. The van der Waals surface area contributed by atoms with E-state index >= 15 is 0 Å². The molecule has 0 radical (unpaired) electrons. The molecule has 104 valence electrons. The van der Waals surface area contributed by atoms with Gasteiger partial charge in [0.15, 0.2) is 0 Å². The summed E-state index contributed by atoms with van der Waals surface area (Å²) in [5.41, 5.74) is 7.40. The molecule has 6 nitrogen and oxygen atoms in total. The number of nitrogens with one attached hydrogen (secondary N) is 2. The molecule has 2 rings (SSSR count). The van der Waals surface area contributed by atoms with Gasteiger partial charge in [-0.15, -0.1) is 0 Å². The van der Waals surface area contributed by atoms with E-state index in [9.17, 15) is 4.79 Å². The molecule has 1 aromatic heterocycles. The third kappa shape index (κ3) is 3.36. The maximum atomic E-state index is 11.6. The highest BCUT2D eigenvalue weighted by atomic mass is 35.5. The number of aromatic amines is 1. The summed E-state index contributed by atoms with van der Waals surface area (Å²) in [4.78, 5) is 22.3. The lowest BCUT2D eigenvalue weighted by Crippen LogP contribution is -2.23. The number of nitrogens with zero attached hydrogens (tertiary/aromatic N) is 2. The summed E-state index contributed by atoms with van der Waals surface area (Å²) in [6, 6.07) is 7.04. The lowest BCUT2D eigenvalue weighted by Gasteiger charge is -2.06. The van der Waals surface area contributed by atoms with E-state index in [2.05, 4.69) is 20.3 Å². The normalized spacial score (nSPS) is 11.4. The standard InChI is InChI=1S/C13H14ClN5O/c1-7-8(2)16-13(18-11(7)20)19-12(15)17-10-5-3-4-9(14)6-10/h3-6H,1-2H3,(H4,15,16,17,18,19,20). The Morgan fingerprint density at radius 3 is 2.85 bits per heavy atom. The van der Waals surface area contributed by atoms with Crippen molar-refractivity contribution < 1.29 is 0 Å². The fraction of sp³-hybridized carbons (Fsp3) is 0.154. The molecule has 0 aliphatic heterocycles. The summed E-state index contributed by atoms with van der Waals surface area (Å²) < 4.78 is 0. The minimum absolute atomic E-state index is 0.110. The highest BCUT2D eigenvalue weighted by molar-refractivity contribution is 6.30. The Bertz CT molecular complexity index is 723. The summed E-state index contributed by atoms with van der Waals surface area (Å²) in [6.07, 6.45) is 0. The molecule has 0 saturated heterocycles. The van der Waals surface area contributed by atoms with Crippen molar-refractivity contribution in [2.45, 2.75) is 13.8 Å². The van der Waals surface area contributed by atoms with Crippen molar-refractivity contribution in [2.24, 2.45) is 10.7 Å². The van der Waals surface area contributed by atoms with E-state index in [1.165, 1.54) is 0 Å². The molecule has 0 aliphatic rings. The van der Waals surface area contributed by atoms with Crippen LogP contribution < -0.4 is 16.6 Å². The first-order valence-electron chi connectivity index (χ1n) is 5.90. The molecule has 0 atom stereocenters. The van der Waals surface area contributed by atoms with Gasteiger partial charge >= 0.3 is 0 Å². The third-order valence-corrected chi connectivity index (χ3v) is 2.94. The van der Waals surface area contributed by atoms with E-state index in [1.54, 1.807) is 38.1 Å². The van der Waals surface area contributed by atoms with Gasteiger partial charge in [-0.2, -0.15) is 4.99 Å². The molecule has 0 amide bonds. The molecule has 0 fully saturated rings. The van der Waals surface area contributed by atoms with Gasteiger partial charge < -0.3 is 11.1 Å². The predicted molar refractivity (Wildman–Crippen MR) is 80.7 cm³/mol. The van der Waals surface area contributed by atoms with Gasteiger partial charge in [-0.05, 0) is 32.0 Å². The number of H-pyrrole nitrogens is 1. The average Bonchev–Trinajstić information content (AvgIpc) is 2.35. The zero-order valence-electron chi connectivity index (χ0n) is 11.1. The molecule has 1 heterocycles. The summed E-state index contributed by atoms with van der Waals surface area (Å²) in [5, 5.41) is 3.45. The molecular formula is C13H14ClN5O. The van der Waals surface area contributed by atoms with Crippen LogP contribution in [0.4, 0.5) is 11.6 Å². The van der Waals surface area contributed by atoms with Crippen LogP contribution in [0.2, 0.25) is 5.02 Å². The fourth-order valence-corrected chi connectivity index (χ4v) is 1.73. The zero-order chi connectivity index (χ0) is 14.7. The number of hydrogen-bond donors (Lipinski definition) is 3. The number of aromatic nitrogens is 2. The maximum absolute atomic E-state index is 11.6. The van der Waals surface area contributed by atoms with Crippen molar-refractivity contribution in [2.75, 3.05) is 5.32 Å². The second-order valence-corrected chi connectivity index (χ2v) is 4.67. The molecule has 2 aromatic rings. The first-order valence-corrected chi connectivity index (χ1v) is 6.28. The highest BCUT2D eigenvalue weighted by Gasteiger charge is 2.03. The van der Waals surface area contributed by atoms with Crippen LogP contribution in [0.5, 0.6) is 0 Å². The van der Waals surface area contributed by atoms with Crippen LogP contribution in [0.3, 0.4) is 0 Å². The lowest BCUT2D eigenvalue weighted by atomic mass is 10.3. The van der Waals surface area contributed by atoms with Crippen molar-refractivity contribution in [1.29, 1.82) is 0 Å². The average molecular weight is 292 g/mol. The van der Waals surface area contributed by atoms with Gasteiger partial charge in [0.1, 0.15) is 0 Å². The van der Waals surface area contributed by atoms with Gasteiger partial charge in [0.2, 0.25) is 11.9 Å². The second kappa shape index (κ2) is 5.75. The Morgan fingerprint density at radius 1 is 1.45 bits per heavy atom. The molecule has 0 bridgehead atoms. The molecule has 0 spiro atoms. The quantitative estimate of drug-likeness (QED) is 0.583. The van der Waals surface area contributed by atoms with Crippen LogP contribution in [-0.4, -0.2) is 15.9 Å².